The molecular formula is C9H5BrF2N2O. The first kappa shape index (κ1) is 10.2. The number of hydrogen-bond acceptors (Lipinski definition) is 3. The summed E-state index contributed by atoms with van der Waals surface area (Å²) in [7, 11) is 1.40. The molecule has 0 N–H and O–H groups in total. The smallest absolute Gasteiger partial charge is 0.232 e. The van der Waals surface area contributed by atoms with Gasteiger partial charge in [-0.2, -0.15) is 0 Å². The van der Waals surface area contributed by atoms with Crippen LogP contribution in [0.2, 0.25) is 0 Å². The number of nitrogens with zero attached hydrogens (tertiary/aromatic N) is 2. The topological polar surface area (TPSA) is 35.0 Å². The monoisotopic (exact) mass is 274 g/mol. The van der Waals surface area contributed by atoms with E-state index in [2.05, 4.69) is 25.9 Å². The van der Waals surface area contributed by atoms with Crippen molar-refractivity contribution in [3.05, 3.63) is 28.4 Å². The molecule has 0 unspecified atom stereocenters. The number of halogens is 3. The fraction of sp³-hybridized carbons (Fsp3) is 0.111. The number of rotatable bonds is 1. The molecule has 0 saturated heterocycles. The Morgan fingerprint density at radius 2 is 2.00 bits per heavy atom. The van der Waals surface area contributed by atoms with E-state index >= 15 is 0 Å². The van der Waals surface area contributed by atoms with Gasteiger partial charge in [0.1, 0.15) is 16.9 Å². The fourth-order valence-corrected chi connectivity index (χ4v) is 1.55. The van der Waals surface area contributed by atoms with Gasteiger partial charge in [-0.1, -0.05) is 0 Å². The zero-order chi connectivity index (χ0) is 11.0. The summed E-state index contributed by atoms with van der Waals surface area (Å²) in [5.41, 5.74) is 0.107. The number of methoxy groups -OCH3 is 1. The number of fused-ring (bicyclic) bond motifs is 1. The lowest BCUT2D eigenvalue weighted by Gasteiger charge is -2.04. The quantitative estimate of drug-likeness (QED) is 0.750. The second-order valence-corrected chi connectivity index (χ2v) is 3.56. The van der Waals surface area contributed by atoms with Crippen molar-refractivity contribution in [2.45, 2.75) is 0 Å². The average Bonchev–Trinajstić information content (AvgIpc) is 2.25. The van der Waals surface area contributed by atoms with E-state index in [-0.39, 0.29) is 21.4 Å². The predicted molar refractivity (Wildman–Crippen MR) is 53.7 cm³/mol. The minimum atomic E-state index is -0.749. The van der Waals surface area contributed by atoms with E-state index in [1.54, 1.807) is 0 Å². The van der Waals surface area contributed by atoms with E-state index in [0.29, 0.717) is 0 Å². The van der Waals surface area contributed by atoms with Crippen molar-refractivity contribution in [1.82, 2.24) is 9.97 Å². The molecule has 15 heavy (non-hydrogen) atoms. The Labute approximate surface area is 92.2 Å². The first-order valence-corrected chi connectivity index (χ1v) is 4.77. The average molecular weight is 275 g/mol. The molecule has 0 aliphatic heterocycles. The van der Waals surface area contributed by atoms with E-state index < -0.39 is 11.6 Å². The van der Waals surface area contributed by atoms with Gasteiger partial charge in [-0.25, -0.2) is 18.7 Å². The summed E-state index contributed by atoms with van der Waals surface area (Å²) in [6.07, 6.45) is 1.27. The van der Waals surface area contributed by atoms with Gasteiger partial charge in [0.25, 0.3) is 0 Å². The van der Waals surface area contributed by atoms with Crippen LogP contribution in [-0.4, -0.2) is 17.1 Å². The van der Waals surface area contributed by atoms with Gasteiger partial charge >= 0.3 is 0 Å². The Morgan fingerprint density at radius 3 is 2.67 bits per heavy atom. The second-order valence-electron chi connectivity index (χ2n) is 2.76. The molecule has 0 aliphatic rings. The molecule has 0 radical (unpaired) electrons. The van der Waals surface area contributed by atoms with Crippen molar-refractivity contribution < 1.29 is 13.5 Å². The molecule has 1 heterocycles. The summed E-state index contributed by atoms with van der Waals surface area (Å²) in [6, 6.07) is 0.758. The van der Waals surface area contributed by atoms with Crippen LogP contribution in [0.1, 0.15) is 0 Å². The van der Waals surface area contributed by atoms with Gasteiger partial charge in [0, 0.05) is 6.07 Å². The molecule has 1 aromatic carbocycles. The van der Waals surface area contributed by atoms with Crippen LogP contribution in [0.15, 0.2) is 16.7 Å². The minimum absolute atomic E-state index is 0.00377. The molecule has 0 bridgehead atoms. The highest BCUT2D eigenvalue weighted by molar-refractivity contribution is 9.10. The summed E-state index contributed by atoms with van der Waals surface area (Å²) in [4.78, 5) is 7.70. The van der Waals surface area contributed by atoms with E-state index in [9.17, 15) is 8.78 Å². The van der Waals surface area contributed by atoms with Crippen molar-refractivity contribution in [2.75, 3.05) is 7.11 Å². The molecule has 0 atom stereocenters. The maximum Gasteiger partial charge on any atom is 0.232 e. The Balaban J connectivity index is 2.85. The largest absolute Gasteiger partial charge is 0.480 e. The van der Waals surface area contributed by atoms with Gasteiger partial charge in [0.05, 0.1) is 17.8 Å². The van der Waals surface area contributed by atoms with Crippen molar-refractivity contribution in [2.24, 2.45) is 0 Å². The third-order valence-corrected chi connectivity index (χ3v) is 2.61. The highest BCUT2D eigenvalue weighted by atomic mass is 79.9. The predicted octanol–water partition coefficient (Wildman–Crippen LogP) is 2.68. The molecule has 2 aromatic rings. The number of hydrogen-bond donors (Lipinski definition) is 0. The van der Waals surface area contributed by atoms with Gasteiger partial charge in [-0.3, -0.25) is 0 Å². The van der Waals surface area contributed by atoms with E-state index in [4.69, 9.17) is 4.74 Å². The summed E-state index contributed by atoms with van der Waals surface area (Å²) in [5.74, 6) is -1.27. The molecule has 2 rings (SSSR count). The molecule has 3 nitrogen and oxygen atoms in total. The molecule has 0 fully saturated rings. The van der Waals surface area contributed by atoms with Crippen LogP contribution < -0.4 is 4.74 Å². The number of benzene rings is 1. The molecule has 78 valence electrons. The molecule has 0 aliphatic carbocycles. The third-order valence-electron chi connectivity index (χ3n) is 1.86. The van der Waals surface area contributed by atoms with Crippen LogP contribution in [-0.2, 0) is 0 Å². The van der Waals surface area contributed by atoms with Gasteiger partial charge < -0.3 is 4.74 Å². The molecule has 1 aromatic heterocycles. The highest BCUT2D eigenvalue weighted by Crippen LogP contribution is 2.27. The first-order chi connectivity index (χ1) is 7.13. The lowest BCUT2D eigenvalue weighted by molar-refractivity contribution is 0.397. The van der Waals surface area contributed by atoms with Crippen molar-refractivity contribution >= 4 is 27.0 Å². The Kier molecular flexibility index (Phi) is 2.52. The van der Waals surface area contributed by atoms with E-state index in [1.807, 2.05) is 0 Å². The van der Waals surface area contributed by atoms with E-state index in [0.717, 1.165) is 6.07 Å². The molecule has 0 amide bonds. The van der Waals surface area contributed by atoms with Crippen molar-refractivity contribution in [3.8, 4) is 5.88 Å². The number of aromatic nitrogens is 2. The maximum absolute atomic E-state index is 13.3. The number of ether oxygens (including phenoxy) is 1. The summed E-state index contributed by atoms with van der Waals surface area (Å²) in [5, 5.41) is 0. The van der Waals surface area contributed by atoms with Crippen LogP contribution in [0.5, 0.6) is 5.88 Å². The SMILES string of the molecule is COc1cnc2c(F)cc(F)c(Br)c2n1. The Bertz CT molecular complexity index is 533. The van der Waals surface area contributed by atoms with Crippen molar-refractivity contribution in [3.63, 3.8) is 0 Å². The Morgan fingerprint density at radius 1 is 1.27 bits per heavy atom. The molecule has 6 heteroatoms. The van der Waals surface area contributed by atoms with Gasteiger partial charge in [-0.15, -0.1) is 0 Å². The van der Waals surface area contributed by atoms with Crippen LogP contribution in [0.25, 0.3) is 11.0 Å². The first-order valence-electron chi connectivity index (χ1n) is 3.97. The second kappa shape index (κ2) is 3.69. The molecule has 0 saturated carbocycles. The maximum atomic E-state index is 13.3. The van der Waals surface area contributed by atoms with Crippen LogP contribution >= 0.6 is 15.9 Å². The summed E-state index contributed by atoms with van der Waals surface area (Å²) in [6.45, 7) is 0. The standard InChI is InChI=1S/C9H5BrF2N2O/c1-15-6-3-13-8-5(12)2-4(11)7(10)9(8)14-6/h2-3H,1H3. The van der Waals surface area contributed by atoms with E-state index in [1.165, 1.54) is 13.3 Å². The van der Waals surface area contributed by atoms with Crippen LogP contribution in [0, 0.1) is 11.6 Å². The van der Waals surface area contributed by atoms with Gasteiger partial charge in [0.15, 0.2) is 5.82 Å². The highest BCUT2D eigenvalue weighted by Gasteiger charge is 2.13. The van der Waals surface area contributed by atoms with Crippen molar-refractivity contribution in [1.29, 1.82) is 0 Å². The molecule has 0 spiro atoms. The Hall–Kier alpha value is -1.30. The summed E-state index contributed by atoms with van der Waals surface area (Å²) >= 11 is 2.98. The normalized spacial score (nSPS) is 10.7. The zero-order valence-electron chi connectivity index (χ0n) is 7.59. The lowest BCUT2D eigenvalue weighted by atomic mass is 10.3. The minimum Gasteiger partial charge on any atom is -0.480 e. The van der Waals surface area contributed by atoms with Crippen LogP contribution in [0.3, 0.4) is 0 Å². The van der Waals surface area contributed by atoms with Gasteiger partial charge in [-0.05, 0) is 15.9 Å². The third kappa shape index (κ3) is 1.65. The lowest BCUT2D eigenvalue weighted by Crippen LogP contribution is -1.95. The fourth-order valence-electron chi connectivity index (χ4n) is 1.16. The summed E-state index contributed by atoms with van der Waals surface area (Å²) < 4.78 is 31.3. The molecular weight excluding hydrogens is 270 g/mol. The zero-order valence-corrected chi connectivity index (χ0v) is 9.18. The van der Waals surface area contributed by atoms with Crippen LogP contribution in [0.4, 0.5) is 8.78 Å². The van der Waals surface area contributed by atoms with Gasteiger partial charge in [0.2, 0.25) is 5.88 Å².